The summed E-state index contributed by atoms with van der Waals surface area (Å²) in [6, 6.07) is 19.4. The standard InChI is InChI=1S/C20H16N2O5S/c23-20(14-9-10-18-19(11-14)27-13-26-18)21-15-5-4-6-16(12-15)22-28(24,25)17-7-2-1-3-8-17/h1-12,22H,13H2,(H,21,23). The monoisotopic (exact) mass is 396 g/mol. The average Bonchev–Trinajstić information content (AvgIpc) is 3.16. The first-order valence-corrected chi connectivity index (χ1v) is 9.88. The summed E-state index contributed by atoms with van der Waals surface area (Å²) >= 11 is 0. The second kappa shape index (κ2) is 7.24. The van der Waals surface area contributed by atoms with E-state index in [2.05, 4.69) is 10.0 Å². The summed E-state index contributed by atoms with van der Waals surface area (Å²) in [4.78, 5) is 12.6. The van der Waals surface area contributed by atoms with Gasteiger partial charge in [0.2, 0.25) is 6.79 Å². The molecule has 1 aliphatic rings. The first-order chi connectivity index (χ1) is 13.5. The van der Waals surface area contributed by atoms with Crippen LogP contribution in [0.1, 0.15) is 10.4 Å². The predicted octanol–water partition coefficient (Wildman–Crippen LogP) is 3.47. The van der Waals surface area contributed by atoms with Gasteiger partial charge in [-0.1, -0.05) is 24.3 Å². The van der Waals surface area contributed by atoms with E-state index in [0.29, 0.717) is 28.4 Å². The normalized spacial score (nSPS) is 12.4. The lowest BCUT2D eigenvalue weighted by molar-refractivity contribution is 0.102. The smallest absolute Gasteiger partial charge is 0.261 e. The van der Waals surface area contributed by atoms with E-state index in [0.717, 1.165) is 0 Å². The van der Waals surface area contributed by atoms with E-state index in [-0.39, 0.29) is 17.6 Å². The Morgan fingerprint density at radius 1 is 0.821 bits per heavy atom. The number of anilines is 2. The molecule has 0 unspecified atom stereocenters. The Bertz CT molecular complexity index is 1130. The van der Waals surface area contributed by atoms with Crippen LogP contribution in [0, 0.1) is 0 Å². The van der Waals surface area contributed by atoms with Crippen LogP contribution in [0.5, 0.6) is 11.5 Å². The first-order valence-electron chi connectivity index (χ1n) is 8.40. The fourth-order valence-corrected chi connectivity index (χ4v) is 3.79. The van der Waals surface area contributed by atoms with E-state index < -0.39 is 10.0 Å². The third-order valence-electron chi connectivity index (χ3n) is 4.06. The van der Waals surface area contributed by atoms with E-state index in [1.807, 2.05) is 0 Å². The molecule has 0 atom stereocenters. The molecule has 3 aromatic carbocycles. The molecule has 0 saturated carbocycles. The second-order valence-electron chi connectivity index (χ2n) is 6.02. The predicted molar refractivity (Wildman–Crippen MR) is 104 cm³/mol. The second-order valence-corrected chi connectivity index (χ2v) is 7.70. The van der Waals surface area contributed by atoms with Crippen LogP contribution in [0.25, 0.3) is 0 Å². The first kappa shape index (κ1) is 17.9. The van der Waals surface area contributed by atoms with E-state index >= 15 is 0 Å². The van der Waals surface area contributed by atoms with Crippen molar-refractivity contribution >= 4 is 27.3 Å². The maximum absolute atomic E-state index is 12.5. The van der Waals surface area contributed by atoms with Gasteiger partial charge in [0.1, 0.15) is 0 Å². The molecule has 0 aromatic heterocycles. The van der Waals surface area contributed by atoms with Gasteiger partial charge in [0.05, 0.1) is 10.6 Å². The maximum atomic E-state index is 12.5. The van der Waals surface area contributed by atoms with Crippen LogP contribution in [-0.2, 0) is 10.0 Å². The van der Waals surface area contributed by atoms with Gasteiger partial charge in [0, 0.05) is 11.3 Å². The van der Waals surface area contributed by atoms with Gasteiger partial charge in [-0.15, -0.1) is 0 Å². The summed E-state index contributed by atoms with van der Waals surface area (Å²) in [5.74, 6) is 0.757. The van der Waals surface area contributed by atoms with E-state index in [9.17, 15) is 13.2 Å². The molecule has 1 aliphatic heterocycles. The number of ether oxygens (including phenoxy) is 2. The van der Waals surface area contributed by atoms with Gasteiger partial charge < -0.3 is 14.8 Å². The Morgan fingerprint density at radius 2 is 1.57 bits per heavy atom. The highest BCUT2D eigenvalue weighted by molar-refractivity contribution is 7.92. The summed E-state index contributed by atoms with van der Waals surface area (Å²) < 4.78 is 37.9. The highest BCUT2D eigenvalue weighted by Gasteiger charge is 2.17. The lowest BCUT2D eigenvalue weighted by Crippen LogP contribution is -2.14. The molecule has 7 nitrogen and oxygen atoms in total. The third-order valence-corrected chi connectivity index (χ3v) is 5.46. The number of nitrogens with one attached hydrogen (secondary N) is 2. The number of rotatable bonds is 5. The Morgan fingerprint density at radius 3 is 2.39 bits per heavy atom. The zero-order chi connectivity index (χ0) is 19.6. The van der Waals surface area contributed by atoms with Crippen molar-refractivity contribution in [2.75, 3.05) is 16.8 Å². The molecule has 3 aromatic rings. The van der Waals surface area contributed by atoms with Crippen LogP contribution in [0.2, 0.25) is 0 Å². The lowest BCUT2D eigenvalue weighted by atomic mass is 10.2. The Labute approximate surface area is 162 Å². The maximum Gasteiger partial charge on any atom is 0.261 e. The van der Waals surface area contributed by atoms with Gasteiger partial charge in [-0.05, 0) is 48.5 Å². The molecule has 0 aliphatic carbocycles. The molecular formula is C20H16N2O5S. The van der Waals surface area contributed by atoms with Crippen LogP contribution >= 0.6 is 0 Å². The Kier molecular flexibility index (Phi) is 4.62. The summed E-state index contributed by atoms with van der Waals surface area (Å²) in [6.45, 7) is 0.129. The number of hydrogen-bond acceptors (Lipinski definition) is 5. The third kappa shape index (κ3) is 3.77. The van der Waals surface area contributed by atoms with Gasteiger partial charge in [0.25, 0.3) is 15.9 Å². The van der Waals surface area contributed by atoms with Crippen molar-refractivity contribution in [3.05, 3.63) is 78.4 Å². The summed E-state index contributed by atoms with van der Waals surface area (Å²) in [5.41, 5.74) is 1.20. The SMILES string of the molecule is O=C(Nc1cccc(NS(=O)(=O)c2ccccc2)c1)c1ccc2c(c1)OCO2. The topological polar surface area (TPSA) is 93.7 Å². The molecule has 142 valence electrons. The van der Waals surface area contributed by atoms with Gasteiger partial charge in [-0.2, -0.15) is 0 Å². The molecule has 4 rings (SSSR count). The van der Waals surface area contributed by atoms with Crippen molar-refractivity contribution in [2.45, 2.75) is 4.90 Å². The van der Waals surface area contributed by atoms with E-state index in [4.69, 9.17) is 9.47 Å². The molecule has 0 spiro atoms. The number of fused-ring (bicyclic) bond motifs is 1. The number of benzene rings is 3. The fraction of sp³-hybridized carbons (Fsp3) is 0.0500. The highest BCUT2D eigenvalue weighted by Crippen LogP contribution is 2.32. The van der Waals surface area contributed by atoms with E-state index in [1.165, 1.54) is 12.1 Å². The minimum absolute atomic E-state index is 0.129. The molecule has 8 heteroatoms. The van der Waals surface area contributed by atoms with Gasteiger partial charge in [-0.25, -0.2) is 8.42 Å². The van der Waals surface area contributed by atoms with Crippen LogP contribution in [-0.4, -0.2) is 21.1 Å². The zero-order valence-electron chi connectivity index (χ0n) is 14.6. The molecule has 1 amide bonds. The summed E-state index contributed by atoms with van der Waals surface area (Å²) in [5, 5.41) is 2.75. The molecule has 0 bridgehead atoms. The van der Waals surface area contributed by atoms with Gasteiger partial charge in [-0.3, -0.25) is 9.52 Å². The molecule has 0 radical (unpaired) electrons. The van der Waals surface area contributed by atoms with Crippen molar-refractivity contribution in [3.63, 3.8) is 0 Å². The molecule has 1 heterocycles. The number of hydrogen-bond donors (Lipinski definition) is 2. The fourth-order valence-electron chi connectivity index (χ4n) is 2.72. The van der Waals surface area contributed by atoms with Crippen molar-refractivity contribution < 1.29 is 22.7 Å². The molecule has 28 heavy (non-hydrogen) atoms. The van der Waals surface area contributed by atoms with Crippen LogP contribution in [0.15, 0.2) is 77.7 Å². The highest BCUT2D eigenvalue weighted by atomic mass is 32.2. The molecule has 2 N–H and O–H groups in total. The molecule has 0 fully saturated rings. The molecule has 0 saturated heterocycles. The van der Waals surface area contributed by atoms with Crippen molar-refractivity contribution in [3.8, 4) is 11.5 Å². The Balaban J connectivity index is 1.50. The lowest BCUT2D eigenvalue weighted by Gasteiger charge is -2.10. The van der Waals surface area contributed by atoms with Crippen molar-refractivity contribution in [2.24, 2.45) is 0 Å². The largest absolute Gasteiger partial charge is 0.454 e. The minimum atomic E-state index is -3.71. The minimum Gasteiger partial charge on any atom is -0.454 e. The zero-order valence-corrected chi connectivity index (χ0v) is 15.4. The average molecular weight is 396 g/mol. The van der Waals surface area contributed by atoms with Crippen molar-refractivity contribution in [1.29, 1.82) is 0 Å². The summed E-state index contributed by atoms with van der Waals surface area (Å²) in [6.07, 6.45) is 0. The summed E-state index contributed by atoms with van der Waals surface area (Å²) in [7, 11) is -3.71. The number of carbonyl (C=O) groups is 1. The number of sulfonamides is 1. The van der Waals surface area contributed by atoms with Crippen LogP contribution in [0.4, 0.5) is 11.4 Å². The van der Waals surface area contributed by atoms with Crippen LogP contribution in [0.3, 0.4) is 0 Å². The van der Waals surface area contributed by atoms with Gasteiger partial charge >= 0.3 is 0 Å². The number of amides is 1. The van der Waals surface area contributed by atoms with E-state index in [1.54, 1.807) is 60.7 Å². The Hall–Kier alpha value is -3.52. The quantitative estimate of drug-likeness (QED) is 0.689. The molecular weight excluding hydrogens is 380 g/mol. The van der Waals surface area contributed by atoms with Gasteiger partial charge in [0.15, 0.2) is 11.5 Å². The van der Waals surface area contributed by atoms with Crippen molar-refractivity contribution in [1.82, 2.24) is 0 Å². The van der Waals surface area contributed by atoms with Crippen LogP contribution < -0.4 is 19.5 Å². The number of carbonyl (C=O) groups excluding carboxylic acids is 1.